The Kier molecular flexibility index (Phi) is 3.68. The van der Waals surface area contributed by atoms with E-state index in [0.717, 1.165) is 6.42 Å². The summed E-state index contributed by atoms with van der Waals surface area (Å²) in [4.78, 5) is 13.6. The molecule has 2 heterocycles. The van der Waals surface area contributed by atoms with Crippen molar-refractivity contribution >= 4 is 5.91 Å². The maximum atomic E-state index is 13.7. The quantitative estimate of drug-likeness (QED) is 0.868. The summed E-state index contributed by atoms with van der Waals surface area (Å²) in [6.45, 7) is 2.66. The van der Waals surface area contributed by atoms with Gasteiger partial charge in [0.1, 0.15) is 11.9 Å². The molecule has 1 fully saturated rings. The van der Waals surface area contributed by atoms with E-state index in [2.05, 4.69) is 10.2 Å². The van der Waals surface area contributed by atoms with Gasteiger partial charge in [-0.3, -0.25) is 4.79 Å². The van der Waals surface area contributed by atoms with Crippen LogP contribution < -0.4 is 0 Å². The lowest BCUT2D eigenvalue weighted by Gasteiger charge is -2.23. The van der Waals surface area contributed by atoms with Gasteiger partial charge in [-0.1, -0.05) is 19.1 Å². The van der Waals surface area contributed by atoms with Crippen LogP contribution in [-0.4, -0.2) is 27.5 Å². The number of likely N-dealkylation sites (tertiary alicyclic amines) is 1. The van der Waals surface area contributed by atoms with Crippen LogP contribution in [0.25, 0.3) is 11.5 Å². The number of hydrogen-bond donors (Lipinski definition) is 0. The van der Waals surface area contributed by atoms with Crippen molar-refractivity contribution < 1.29 is 13.6 Å². The number of carbonyl (C=O) groups excluding carboxylic acids is 1. The number of halogens is 1. The lowest BCUT2D eigenvalue weighted by molar-refractivity contribution is -0.130. The van der Waals surface area contributed by atoms with Gasteiger partial charge in [-0.25, -0.2) is 4.39 Å². The summed E-state index contributed by atoms with van der Waals surface area (Å²) in [5, 5.41) is 7.92. The van der Waals surface area contributed by atoms with E-state index in [0.29, 0.717) is 25.3 Å². The molecule has 3 rings (SSSR count). The number of aromatic nitrogens is 2. The zero-order chi connectivity index (χ0) is 14.8. The van der Waals surface area contributed by atoms with E-state index < -0.39 is 5.82 Å². The van der Waals surface area contributed by atoms with Crippen molar-refractivity contribution in [2.24, 2.45) is 0 Å². The highest BCUT2D eigenvalue weighted by Gasteiger charge is 2.31. The normalized spacial score (nSPS) is 16.5. The van der Waals surface area contributed by atoms with Crippen LogP contribution in [0.4, 0.5) is 4.39 Å². The van der Waals surface area contributed by atoms with Crippen molar-refractivity contribution in [1.82, 2.24) is 15.1 Å². The molecule has 21 heavy (non-hydrogen) atoms. The molecule has 0 unspecified atom stereocenters. The van der Waals surface area contributed by atoms with Crippen molar-refractivity contribution in [1.29, 1.82) is 0 Å². The Morgan fingerprint density at radius 3 is 2.86 bits per heavy atom. The molecule has 1 aromatic heterocycles. The largest absolute Gasteiger partial charge is 0.418 e. The fraction of sp³-hybridized carbons (Fsp3) is 0.400. The highest BCUT2D eigenvalue weighted by molar-refractivity contribution is 5.78. The summed E-state index contributed by atoms with van der Waals surface area (Å²) >= 11 is 0. The smallest absolute Gasteiger partial charge is 0.250 e. The minimum absolute atomic E-state index is 0.104. The second kappa shape index (κ2) is 5.63. The van der Waals surface area contributed by atoms with Gasteiger partial charge in [0.2, 0.25) is 11.8 Å². The van der Waals surface area contributed by atoms with Crippen LogP contribution >= 0.6 is 0 Å². The Balaban J connectivity index is 1.90. The molecule has 1 atom stereocenters. The number of nitrogens with zero attached hydrogens (tertiary/aromatic N) is 3. The fourth-order valence-electron chi connectivity index (χ4n) is 2.64. The van der Waals surface area contributed by atoms with Crippen LogP contribution in [0, 0.1) is 5.82 Å². The van der Waals surface area contributed by atoms with Crippen molar-refractivity contribution in [2.45, 2.75) is 32.2 Å². The number of amides is 1. The van der Waals surface area contributed by atoms with E-state index in [4.69, 9.17) is 4.42 Å². The third kappa shape index (κ3) is 2.53. The van der Waals surface area contributed by atoms with Gasteiger partial charge in [-0.05, 0) is 25.0 Å². The monoisotopic (exact) mass is 289 g/mol. The van der Waals surface area contributed by atoms with E-state index in [1.54, 1.807) is 23.1 Å². The van der Waals surface area contributed by atoms with Gasteiger partial charge in [-0.2, -0.15) is 0 Å². The first-order valence-electron chi connectivity index (χ1n) is 7.08. The number of benzene rings is 1. The molecule has 0 spiro atoms. The Bertz CT molecular complexity index is 656. The van der Waals surface area contributed by atoms with Crippen molar-refractivity contribution in [3.8, 4) is 11.5 Å². The summed E-state index contributed by atoms with van der Waals surface area (Å²) in [6, 6.07) is 6.03. The Morgan fingerprint density at radius 1 is 1.38 bits per heavy atom. The lowest BCUT2D eigenvalue weighted by atomic mass is 10.2. The Hall–Kier alpha value is -2.24. The molecule has 5 nitrogen and oxygen atoms in total. The molecule has 1 amide bonds. The van der Waals surface area contributed by atoms with Crippen LogP contribution in [0.3, 0.4) is 0 Å². The van der Waals surface area contributed by atoms with Crippen LogP contribution in [-0.2, 0) is 4.79 Å². The highest BCUT2D eigenvalue weighted by atomic mass is 19.1. The minimum atomic E-state index is -0.405. The second-order valence-electron chi connectivity index (χ2n) is 5.04. The third-order valence-corrected chi connectivity index (χ3v) is 3.70. The summed E-state index contributed by atoms with van der Waals surface area (Å²) in [5.74, 6) is 0.213. The average Bonchev–Trinajstić information content (AvgIpc) is 3.11. The first kappa shape index (κ1) is 13.7. The Labute approximate surface area is 121 Å². The van der Waals surface area contributed by atoms with Crippen LogP contribution in [0.2, 0.25) is 0 Å². The van der Waals surface area contributed by atoms with E-state index in [1.807, 2.05) is 6.92 Å². The molecule has 1 aliphatic rings. The van der Waals surface area contributed by atoms with Gasteiger partial charge in [0.15, 0.2) is 0 Å². The van der Waals surface area contributed by atoms with Gasteiger partial charge in [-0.15, -0.1) is 10.2 Å². The molecule has 1 saturated heterocycles. The lowest BCUT2D eigenvalue weighted by Crippen LogP contribution is -2.29. The molecule has 1 aromatic carbocycles. The second-order valence-corrected chi connectivity index (χ2v) is 5.04. The molecular weight excluding hydrogens is 273 g/mol. The summed E-state index contributed by atoms with van der Waals surface area (Å²) in [5.41, 5.74) is 0.277. The maximum Gasteiger partial charge on any atom is 0.250 e. The predicted molar refractivity (Wildman–Crippen MR) is 73.7 cm³/mol. The fourth-order valence-corrected chi connectivity index (χ4v) is 2.64. The topological polar surface area (TPSA) is 59.2 Å². The van der Waals surface area contributed by atoms with E-state index >= 15 is 0 Å². The molecular formula is C15H16FN3O2. The maximum absolute atomic E-state index is 13.7. The SMILES string of the molecule is CC[C@@H](c1nnc(-c2ccccc2F)o1)N1CCCC1=O. The van der Waals surface area contributed by atoms with Crippen LogP contribution in [0.1, 0.15) is 38.1 Å². The first-order chi connectivity index (χ1) is 10.2. The Morgan fingerprint density at radius 2 is 2.19 bits per heavy atom. The standard InChI is InChI=1S/C15H16FN3O2/c1-2-12(19-9-5-8-13(19)20)15-18-17-14(21-15)10-6-3-4-7-11(10)16/h3-4,6-7,12H,2,5,8-9H2,1H3/t12-/m0/s1. The molecule has 2 aromatic rings. The molecule has 1 aliphatic heterocycles. The van der Waals surface area contributed by atoms with Gasteiger partial charge in [0.25, 0.3) is 5.89 Å². The van der Waals surface area contributed by atoms with Gasteiger partial charge >= 0.3 is 0 Å². The van der Waals surface area contributed by atoms with Crippen LogP contribution in [0.15, 0.2) is 28.7 Å². The molecule has 6 heteroatoms. The van der Waals surface area contributed by atoms with E-state index in [-0.39, 0.29) is 23.4 Å². The molecule has 0 saturated carbocycles. The minimum Gasteiger partial charge on any atom is -0.418 e. The predicted octanol–water partition coefficient (Wildman–Crippen LogP) is 2.95. The summed E-state index contributed by atoms with van der Waals surface area (Å²) in [7, 11) is 0. The van der Waals surface area contributed by atoms with Crippen molar-refractivity contribution in [3.63, 3.8) is 0 Å². The van der Waals surface area contributed by atoms with E-state index in [9.17, 15) is 9.18 Å². The molecule has 0 bridgehead atoms. The number of rotatable bonds is 4. The zero-order valence-electron chi connectivity index (χ0n) is 11.8. The summed E-state index contributed by atoms with van der Waals surface area (Å²) in [6.07, 6.45) is 2.10. The van der Waals surface area contributed by atoms with Crippen molar-refractivity contribution in [3.05, 3.63) is 36.0 Å². The van der Waals surface area contributed by atoms with Gasteiger partial charge in [0.05, 0.1) is 5.56 Å². The molecule has 110 valence electrons. The third-order valence-electron chi connectivity index (χ3n) is 3.70. The van der Waals surface area contributed by atoms with Gasteiger partial charge < -0.3 is 9.32 Å². The number of carbonyl (C=O) groups is 1. The molecule has 0 aliphatic carbocycles. The van der Waals surface area contributed by atoms with Gasteiger partial charge in [0, 0.05) is 13.0 Å². The first-order valence-corrected chi connectivity index (χ1v) is 7.08. The van der Waals surface area contributed by atoms with Crippen molar-refractivity contribution in [2.75, 3.05) is 6.54 Å². The van der Waals surface area contributed by atoms with Crippen LogP contribution in [0.5, 0.6) is 0 Å². The zero-order valence-corrected chi connectivity index (χ0v) is 11.8. The number of hydrogen-bond acceptors (Lipinski definition) is 4. The molecule has 0 radical (unpaired) electrons. The summed E-state index contributed by atoms with van der Waals surface area (Å²) < 4.78 is 19.3. The van der Waals surface area contributed by atoms with E-state index in [1.165, 1.54) is 6.07 Å². The molecule has 0 N–H and O–H groups in total. The average molecular weight is 289 g/mol. The highest BCUT2D eigenvalue weighted by Crippen LogP contribution is 2.30.